The minimum Gasteiger partial charge on any atom is -0.435 e. The molecule has 0 heterocycles. The molecule has 0 aromatic carbocycles. The molecule has 0 rings (SSSR count). The van der Waals surface area contributed by atoms with E-state index in [0.29, 0.717) is 6.42 Å². The molecular formula is C6H11BrO3. The quantitative estimate of drug-likeness (QED) is 0.429. The van der Waals surface area contributed by atoms with E-state index in [-0.39, 0.29) is 5.33 Å². The molecule has 0 spiro atoms. The molecule has 0 aliphatic heterocycles. The highest BCUT2D eigenvalue weighted by molar-refractivity contribution is 9.09. The first-order chi connectivity index (χ1) is 4.70. The Morgan fingerprint density at radius 2 is 2.40 bits per heavy atom. The standard InChI is InChI=1S/C6H11BrO3/c1-2-3-5(8)10-6(9)4-7/h5,8H,2-4H2,1H3. The van der Waals surface area contributed by atoms with E-state index in [1.165, 1.54) is 0 Å². The Bertz CT molecular complexity index is 105. The summed E-state index contributed by atoms with van der Waals surface area (Å²) in [6, 6.07) is 0. The monoisotopic (exact) mass is 210 g/mol. The zero-order valence-electron chi connectivity index (χ0n) is 5.84. The number of aliphatic hydroxyl groups is 1. The van der Waals surface area contributed by atoms with Gasteiger partial charge in [-0.05, 0) is 0 Å². The number of carbonyl (C=O) groups is 1. The van der Waals surface area contributed by atoms with Crippen LogP contribution >= 0.6 is 15.9 Å². The van der Waals surface area contributed by atoms with Crippen LogP contribution < -0.4 is 0 Å². The van der Waals surface area contributed by atoms with Crippen LogP contribution in [-0.4, -0.2) is 22.7 Å². The maximum Gasteiger partial charge on any atom is 0.318 e. The van der Waals surface area contributed by atoms with Gasteiger partial charge in [-0.2, -0.15) is 0 Å². The Morgan fingerprint density at radius 3 is 2.80 bits per heavy atom. The molecule has 0 fully saturated rings. The molecule has 10 heavy (non-hydrogen) atoms. The summed E-state index contributed by atoms with van der Waals surface area (Å²) in [5, 5.41) is 9.02. The van der Waals surface area contributed by atoms with Crippen LogP contribution in [0.5, 0.6) is 0 Å². The van der Waals surface area contributed by atoms with Gasteiger partial charge in [0.05, 0.1) is 0 Å². The van der Waals surface area contributed by atoms with E-state index in [0.717, 1.165) is 6.42 Å². The van der Waals surface area contributed by atoms with Gasteiger partial charge in [-0.1, -0.05) is 29.3 Å². The van der Waals surface area contributed by atoms with E-state index in [1.807, 2.05) is 6.92 Å². The number of rotatable bonds is 4. The number of aliphatic hydroxyl groups excluding tert-OH is 1. The maximum absolute atomic E-state index is 10.5. The second-order valence-corrected chi connectivity index (χ2v) is 2.43. The van der Waals surface area contributed by atoms with Crippen molar-refractivity contribution in [3.05, 3.63) is 0 Å². The first kappa shape index (κ1) is 9.91. The average Bonchev–Trinajstić information content (AvgIpc) is 1.88. The zero-order valence-corrected chi connectivity index (χ0v) is 7.43. The molecule has 0 saturated heterocycles. The first-order valence-electron chi connectivity index (χ1n) is 3.14. The van der Waals surface area contributed by atoms with Crippen molar-refractivity contribution < 1.29 is 14.6 Å². The van der Waals surface area contributed by atoms with E-state index in [1.54, 1.807) is 0 Å². The lowest BCUT2D eigenvalue weighted by Crippen LogP contribution is -2.17. The van der Waals surface area contributed by atoms with E-state index in [9.17, 15) is 4.79 Å². The van der Waals surface area contributed by atoms with Crippen molar-refractivity contribution in [2.24, 2.45) is 0 Å². The summed E-state index contributed by atoms with van der Waals surface area (Å²) < 4.78 is 4.51. The smallest absolute Gasteiger partial charge is 0.318 e. The van der Waals surface area contributed by atoms with Gasteiger partial charge in [0, 0.05) is 6.42 Å². The summed E-state index contributed by atoms with van der Waals surface area (Å²) in [5.74, 6) is -0.430. The summed E-state index contributed by atoms with van der Waals surface area (Å²) in [5.41, 5.74) is 0. The van der Waals surface area contributed by atoms with Crippen molar-refractivity contribution in [2.75, 3.05) is 5.33 Å². The number of hydrogen-bond acceptors (Lipinski definition) is 3. The Hall–Kier alpha value is -0.0900. The third-order valence-corrected chi connectivity index (χ3v) is 1.37. The Morgan fingerprint density at radius 1 is 1.80 bits per heavy atom. The van der Waals surface area contributed by atoms with Crippen molar-refractivity contribution in [3.63, 3.8) is 0 Å². The SMILES string of the molecule is CCCC(O)OC(=O)CBr. The molecular weight excluding hydrogens is 200 g/mol. The molecule has 60 valence electrons. The molecule has 0 saturated carbocycles. The number of esters is 1. The lowest BCUT2D eigenvalue weighted by atomic mass is 10.3. The molecule has 1 unspecified atom stereocenters. The Kier molecular flexibility index (Phi) is 5.63. The van der Waals surface area contributed by atoms with Gasteiger partial charge in [-0.3, -0.25) is 4.79 Å². The van der Waals surface area contributed by atoms with Crippen LogP contribution in [0.3, 0.4) is 0 Å². The van der Waals surface area contributed by atoms with Gasteiger partial charge in [0.2, 0.25) is 6.29 Å². The van der Waals surface area contributed by atoms with Gasteiger partial charge >= 0.3 is 5.97 Å². The summed E-state index contributed by atoms with van der Waals surface area (Å²) in [4.78, 5) is 10.5. The van der Waals surface area contributed by atoms with Crippen LogP contribution in [0.1, 0.15) is 19.8 Å². The molecule has 4 heteroatoms. The fraction of sp³-hybridized carbons (Fsp3) is 0.833. The lowest BCUT2D eigenvalue weighted by Gasteiger charge is -2.08. The number of hydrogen-bond donors (Lipinski definition) is 1. The highest BCUT2D eigenvalue weighted by atomic mass is 79.9. The minimum atomic E-state index is -0.935. The molecule has 3 nitrogen and oxygen atoms in total. The molecule has 0 amide bonds. The fourth-order valence-electron chi connectivity index (χ4n) is 0.489. The van der Waals surface area contributed by atoms with E-state index >= 15 is 0 Å². The first-order valence-corrected chi connectivity index (χ1v) is 4.26. The molecule has 1 atom stereocenters. The highest BCUT2D eigenvalue weighted by Crippen LogP contribution is 1.98. The van der Waals surface area contributed by atoms with Crippen molar-refractivity contribution >= 4 is 21.9 Å². The summed E-state index contributed by atoms with van der Waals surface area (Å²) in [6.45, 7) is 1.91. The maximum atomic E-state index is 10.5. The van der Waals surface area contributed by atoms with Crippen molar-refractivity contribution in [1.29, 1.82) is 0 Å². The molecule has 0 radical (unpaired) electrons. The van der Waals surface area contributed by atoms with Gasteiger partial charge in [-0.25, -0.2) is 0 Å². The van der Waals surface area contributed by atoms with Crippen LogP contribution in [0, 0.1) is 0 Å². The second-order valence-electron chi connectivity index (χ2n) is 1.87. The molecule has 0 aliphatic carbocycles. The minimum absolute atomic E-state index is 0.133. The molecule has 0 aromatic heterocycles. The molecule has 0 aliphatic rings. The summed E-state index contributed by atoms with van der Waals surface area (Å²) >= 11 is 2.91. The average molecular weight is 211 g/mol. The third-order valence-electron chi connectivity index (χ3n) is 0.912. The molecule has 0 bridgehead atoms. The van der Waals surface area contributed by atoms with Crippen LogP contribution in [0.15, 0.2) is 0 Å². The number of halogens is 1. The number of carbonyl (C=O) groups excluding carboxylic acids is 1. The third kappa shape index (κ3) is 4.76. The van der Waals surface area contributed by atoms with Crippen molar-refractivity contribution in [2.45, 2.75) is 26.1 Å². The Labute approximate surface area is 68.5 Å². The highest BCUT2D eigenvalue weighted by Gasteiger charge is 2.07. The van der Waals surface area contributed by atoms with Crippen LogP contribution in [0.4, 0.5) is 0 Å². The molecule has 1 N–H and O–H groups in total. The predicted octanol–water partition coefficient (Wildman–Crippen LogP) is 1.04. The van der Waals surface area contributed by atoms with Gasteiger partial charge in [0.15, 0.2) is 0 Å². The van der Waals surface area contributed by atoms with Crippen LogP contribution in [-0.2, 0) is 9.53 Å². The number of ether oxygens (including phenoxy) is 1. The van der Waals surface area contributed by atoms with Crippen LogP contribution in [0.2, 0.25) is 0 Å². The van der Waals surface area contributed by atoms with E-state index in [2.05, 4.69) is 20.7 Å². The largest absolute Gasteiger partial charge is 0.435 e. The van der Waals surface area contributed by atoms with Gasteiger partial charge in [0.1, 0.15) is 5.33 Å². The van der Waals surface area contributed by atoms with Gasteiger partial charge in [-0.15, -0.1) is 0 Å². The predicted molar refractivity (Wildman–Crippen MR) is 40.8 cm³/mol. The van der Waals surface area contributed by atoms with Gasteiger partial charge in [0.25, 0.3) is 0 Å². The van der Waals surface area contributed by atoms with Gasteiger partial charge < -0.3 is 9.84 Å². The zero-order chi connectivity index (χ0) is 7.98. The fourth-order valence-corrected chi connectivity index (χ4v) is 0.621. The topological polar surface area (TPSA) is 46.5 Å². The Balaban J connectivity index is 3.37. The summed E-state index contributed by atoms with van der Waals surface area (Å²) in [7, 11) is 0. The lowest BCUT2D eigenvalue weighted by molar-refractivity contribution is -0.165. The second kappa shape index (κ2) is 5.68. The molecule has 0 aromatic rings. The van der Waals surface area contributed by atoms with E-state index < -0.39 is 12.3 Å². The van der Waals surface area contributed by atoms with Crippen LogP contribution in [0.25, 0.3) is 0 Å². The summed E-state index contributed by atoms with van der Waals surface area (Å²) in [6.07, 6.45) is 0.366. The van der Waals surface area contributed by atoms with E-state index in [4.69, 9.17) is 5.11 Å². The van der Waals surface area contributed by atoms with Crippen molar-refractivity contribution in [3.8, 4) is 0 Å². The normalized spacial score (nSPS) is 12.7. The number of alkyl halides is 1. The van der Waals surface area contributed by atoms with Crippen molar-refractivity contribution in [1.82, 2.24) is 0 Å².